The molecule has 4 N–H and O–H groups in total. The van der Waals surface area contributed by atoms with Crippen LogP contribution in [-0.2, 0) is 23.9 Å². The molecule has 0 aromatic rings. The van der Waals surface area contributed by atoms with Crippen LogP contribution in [0.3, 0.4) is 0 Å². The highest BCUT2D eigenvalue weighted by atomic mass is 16.6. The Morgan fingerprint density at radius 1 is 0.950 bits per heavy atom. The van der Waals surface area contributed by atoms with E-state index in [4.69, 9.17) is 10.5 Å². The van der Waals surface area contributed by atoms with Crippen molar-refractivity contribution in [3.05, 3.63) is 0 Å². The molecule has 222 valence electrons. The zero-order valence-electron chi connectivity index (χ0n) is 24.2. The normalized spacial score (nSPS) is 32.5. The van der Waals surface area contributed by atoms with Crippen molar-refractivity contribution in [2.24, 2.45) is 40.7 Å². The van der Waals surface area contributed by atoms with Crippen molar-refractivity contribution >= 4 is 29.6 Å². The van der Waals surface area contributed by atoms with E-state index >= 15 is 0 Å². The van der Waals surface area contributed by atoms with E-state index < -0.39 is 41.8 Å². The fourth-order valence-corrected chi connectivity index (χ4v) is 7.77. The number of nitrogens with zero attached hydrogens (tertiary/aromatic N) is 1. The molecule has 5 rings (SSSR count). The van der Waals surface area contributed by atoms with E-state index in [0.717, 1.165) is 64.2 Å². The molecule has 4 saturated carbocycles. The number of Topliss-reactive ketones (excluding diaryl/α,β-unsaturated/α-hetero) is 1. The summed E-state index contributed by atoms with van der Waals surface area (Å²) in [6, 6.07) is -2.52. The summed E-state index contributed by atoms with van der Waals surface area (Å²) in [6.45, 7) is 6.69. The van der Waals surface area contributed by atoms with Gasteiger partial charge in [-0.1, -0.05) is 52.9 Å². The molecule has 0 aromatic carbocycles. The maximum Gasteiger partial charge on any atom is 0.408 e. The summed E-state index contributed by atoms with van der Waals surface area (Å²) >= 11 is 0. The van der Waals surface area contributed by atoms with Crippen molar-refractivity contribution in [2.45, 2.75) is 116 Å². The summed E-state index contributed by atoms with van der Waals surface area (Å²) in [5.74, 6) is -1.89. The van der Waals surface area contributed by atoms with Crippen LogP contribution in [0.4, 0.5) is 4.79 Å². The van der Waals surface area contributed by atoms with Crippen LogP contribution in [0.2, 0.25) is 0 Å². The zero-order valence-corrected chi connectivity index (χ0v) is 24.2. The van der Waals surface area contributed by atoms with Gasteiger partial charge in [-0.05, 0) is 73.5 Å². The average Bonchev–Trinajstić information content (AvgIpc) is 3.69. The summed E-state index contributed by atoms with van der Waals surface area (Å²) in [7, 11) is 0. The van der Waals surface area contributed by atoms with Gasteiger partial charge in [0.25, 0.3) is 5.91 Å². The van der Waals surface area contributed by atoms with Gasteiger partial charge in [0.1, 0.15) is 18.2 Å². The molecule has 0 aromatic heterocycles. The molecule has 0 spiro atoms. The second kappa shape index (κ2) is 11.3. The Bertz CT molecular complexity index is 1040. The highest BCUT2D eigenvalue weighted by Crippen LogP contribution is 2.65. The van der Waals surface area contributed by atoms with Gasteiger partial charge in [-0.2, -0.15) is 0 Å². The standard InChI is InChI=1S/C30H46N4O6/c1-16-8-7-11-21(16)40-29(39)33-23(18-9-5-4-6-10-18)28(38)34-15-19-22(30(19,2)3)24(34)27(37)32-20(14-17-12-13-17)25(35)26(31)36/h16-24H,4-15H2,1-3H3,(H2,31,36)(H,32,37)(H,33,39). The fourth-order valence-electron chi connectivity index (χ4n) is 7.77. The average molecular weight is 559 g/mol. The monoisotopic (exact) mass is 558 g/mol. The number of alkyl carbamates (subject to hydrolysis) is 1. The van der Waals surface area contributed by atoms with E-state index in [1.165, 1.54) is 0 Å². The Morgan fingerprint density at radius 3 is 2.25 bits per heavy atom. The highest BCUT2D eigenvalue weighted by Gasteiger charge is 2.69. The highest BCUT2D eigenvalue weighted by molar-refractivity contribution is 6.37. The third-order valence-electron chi connectivity index (χ3n) is 10.6. The van der Waals surface area contributed by atoms with Gasteiger partial charge < -0.3 is 26.0 Å². The molecule has 10 heteroatoms. The molecule has 1 aliphatic heterocycles. The minimum absolute atomic E-state index is 0.0255. The molecule has 4 amide bonds. The largest absolute Gasteiger partial charge is 0.446 e. The number of ketones is 1. The predicted molar refractivity (Wildman–Crippen MR) is 147 cm³/mol. The third-order valence-corrected chi connectivity index (χ3v) is 10.6. The zero-order chi connectivity index (χ0) is 28.8. The molecule has 7 atom stereocenters. The molecule has 1 saturated heterocycles. The van der Waals surface area contributed by atoms with E-state index in [0.29, 0.717) is 18.9 Å². The smallest absolute Gasteiger partial charge is 0.408 e. The molecular formula is C30H46N4O6. The van der Waals surface area contributed by atoms with Gasteiger partial charge in [0.05, 0.1) is 6.04 Å². The minimum atomic E-state index is -1.06. The predicted octanol–water partition coefficient (Wildman–Crippen LogP) is 2.67. The number of amides is 4. The molecule has 5 fully saturated rings. The minimum Gasteiger partial charge on any atom is -0.446 e. The molecule has 1 heterocycles. The van der Waals surface area contributed by atoms with Crippen molar-refractivity contribution in [1.82, 2.24) is 15.5 Å². The van der Waals surface area contributed by atoms with Crippen LogP contribution < -0.4 is 16.4 Å². The first-order chi connectivity index (χ1) is 19.0. The summed E-state index contributed by atoms with van der Waals surface area (Å²) in [6.07, 6.45) is 9.19. The van der Waals surface area contributed by atoms with Gasteiger partial charge in [-0.25, -0.2) is 4.79 Å². The third kappa shape index (κ3) is 5.86. The van der Waals surface area contributed by atoms with E-state index in [9.17, 15) is 24.0 Å². The van der Waals surface area contributed by atoms with Gasteiger partial charge in [-0.3, -0.25) is 19.2 Å². The number of hydrogen-bond donors (Lipinski definition) is 3. The van der Waals surface area contributed by atoms with Crippen LogP contribution in [-0.4, -0.2) is 65.3 Å². The Kier molecular flexibility index (Phi) is 8.17. The van der Waals surface area contributed by atoms with E-state index in [1.807, 2.05) is 0 Å². The number of rotatable bonds is 10. The molecule has 10 nitrogen and oxygen atoms in total. The molecule has 5 aliphatic rings. The van der Waals surface area contributed by atoms with Crippen LogP contribution in [0, 0.1) is 35.0 Å². The molecular weight excluding hydrogens is 512 g/mol. The molecule has 0 bridgehead atoms. The number of nitrogens with two attached hydrogens (primary N) is 1. The quantitative estimate of drug-likeness (QED) is 0.351. The number of nitrogens with one attached hydrogen (secondary N) is 2. The van der Waals surface area contributed by atoms with Gasteiger partial charge in [0.15, 0.2) is 0 Å². The van der Waals surface area contributed by atoms with Crippen LogP contribution >= 0.6 is 0 Å². The van der Waals surface area contributed by atoms with Gasteiger partial charge in [-0.15, -0.1) is 0 Å². The number of primary amides is 1. The van der Waals surface area contributed by atoms with Crippen molar-refractivity contribution in [1.29, 1.82) is 0 Å². The second-order valence-corrected chi connectivity index (χ2v) is 13.7. The number of likely N-dealkylation sites (tertiary alicyclic amines) is 1. The lowest BCUT2D eigenvalue weighted by atomic mass is 9.83. The van der Waals surface area contributed by atoms with Crippen molar-refractivity contribution in [2.75, 3.05) is 6.54 Å². The van der Waals surface area contributed by atoms with Gasteiger partial charge >= 0.3 is 6.09 Å². The van der Waals surface area contributed by atoms with Crippen LogP contribution in [0.1, 0.15) is 91.4 Å². The van der Waals surface area contributed by atoms with E-state index in [-0.39, 0.29) is 41.1 Å². The number of piperidine rings is 1. The Hall–Kier alpha value is -2.65. The van der Waals surface area contributed by atoms with E-state index in [2.05, 4.69) is 31.4 Å². The van der Waals surface area contributed by atoms with Crippen molar-refractivity contribution < 1.29 is 28.7 Å². The lowest BCUT2D eigenvalue weighted by Gasteiger charge is -2.37. The maximum absolute atomic E-state index is 14.2. The number of hydrogen-bond acceptors (Lipinski definition) is 6. The van der Waals surface area contributed by atoms with E-state index in [1.54, 1.807) is 4.90 Å². The number of carbonyl (C=O) groups excluding carboxylic acids is 5. The van der Waals surface area contributed by atoms with Crippen molar-refractivity contribution in [3.63, 3.8) is 0 Å². The SMILES string of the molecule is CC1CCCC1OC(=O)NC(C(=O)N1CC2C(C1C(=O)NC(CC1CC1)C(=O)C(N)=O)C2(C)C)C1CCCCC1. The summed E-state index contributed by atoms with van der Waals surface area (Å²) in [5, 5.41) is 5.74. The maximum atomic E-state index is 14.2. The Morgan fingerprint density at radius 2 is 1.65 bits per heavy atom. The van der Waals surface area contributed by atoms with Gasteiger partial charge in [0.2, 0.25) is 17.6 Å². The van der Waals surface area contributed by atoms with Crippen LogP contribution in [0.15, 0.2) is 0 Å². The van der Waals surface area contributed by atoms with Crippen molar-refractivity contribution in [3.8, 4) is 0 Å². The number of ether oxygens (including phenoxy) is 1. The molecule has 4 aliphatic carbocycles. The van der Waals surface area contributed by atoms with Crippen LogP contribution in [0.5, 0.6) is 0 Å². The lowest BCUT2D eigenvalue weighted by Crippen LogP contribution is -2.59. The first-order valence-corrected chi connectivity index (χ1v) is 15.4. The first-order valence-electron chi connectivity index (χ1n) is 15.4. The Balaban J connectivity index is 1.34. The van der Waals surface area contributed by atoms with Crippen LogP contribution in [0.25, 0.3) is 0 Å². The molecule has 0 radical (unpaired) electrons. The number of fused-ring (bicyclic) bond motifs is 1. The lowest BCUT2D eigenvalue weighted by molar-refractivity contribution is -0.144. The number of carbonyl (C=O) groups is 5. The Labute approximate surface area is 236 Å². The molecule has 7 unspecified atom stereocenters. The summed E-state index contributed by atoms with van der Waals surface area (Å²) < 4.78 is 5.76. The van der Waals surface area contributed by atoms with Gasteiger partial charge in [0, 0.05) is 6.54 Å². The summed E-state index contributed by atoms with van der Waals surface area (Å²) in [5.41, 5.74) is 5.17. The fraction of sp³-hybridized carbons (Fsp3) is 0.833. The first kappa shape index (κ1) is 28.9. The topological polar surface area (TPSA) is 148 Å². The molecule has 40 heavy (non-hydrogen) atoms. The summed E-state index contributed by atoms with van der Waals surface area (Å²) in [4.78, 5) is 66.9. The second-order valence-electron chi connectivity index (χ2n) is 13.7.